The summed E-state index contributed by atoms with van der Waals surface area (Å²) in [5.41, 5.74) is 9.04. The molecular formula is C24H27N. The normalized spacial score (nSPS) is 15.2. The van der Waals surface area contributed by atoms with Crippen molar-refractivity contribution < 1.29 is 0 Å². The molecule has 0 atom stereocenters. The minimum Gasteiger partial charge on any atom is -0.248 e. The van der Waals surface area contributed by atoms with E-state index in [1.54, 1.807) is 0 Å². The lowest BCUT2D eigenvalue weighted by atomic mass is 9.92. The van der Waals surface area contributed by atoms with Gasteiger partial charge in [0.05, 0.1) is 11.2 Å². The van der Waals surface area contributed by atoms with Gasteiger partial charge in [0.15, 0.2) is 0 Å². The van der Waals surface area contributed by atoms with Crippen LogP contribution in [0.5, 0.6) is 0 Å². The van der Waals surface area contributed by atoms with Gasteiger partial charge >= 0.3 is 0 Å². The van der Waals surface area contributed by atoms with Crippen LogP contribution in [0.4, 0.5) is 0 Å². The molecule has 1 fully saturated rings. The molecule has 0 bridgehead atoms. The van der Waals surface area contributed by atoms with E-state index in [0.717, 1.165) is 17.1 Å². The molecule has 25 heavy (non-hydrogen) atoms. The van der Waals surface area contributed by atoms with Crippen LogP contribution in [-0.4, -0.2) is 4.98 Å². The van der Waals surface area contributed by atoms with Gasteiger partial charge in [-0.1, -0.05) is 55.5 Å². The van der Waals surface area contributed by atoms with Crippen molar-refractivity contribution >= 4 is 10.9 Å². The maximum Gasteiger partial charge on any atom is 0.0715 e. The Morgan fingerprint density at radius 3 is 2.52 bits per heavy atom. The van der Waals surface area contributed by atoms with E-state index in [-0.39, 0.29) is 0 Å². The first kappa shape index (κ1) is 16.3. The van der Waals surface area contributed by atoms with Gasteiger partial charge in [0, 0.05) is 10.9 Å². The first-order valence-corrected chi connectivity index (χ1v) is 9.58. The van der Waals surface area contributed by atoms with Gasteiger partial charge in [-0.3, -0.25) is 0 Å². The molecule has 0 spiro atoms. The van der Waals surface area contributed by atoms with Crippen molar-refractivity contribution in [3.05, 3.63) is 64.7 Å². The molecule has 1 heterocycles. The van der Waals surface area contributed by atoms with Gasteiger partial charge in [-0.15, -0.1) is 0 Å². The summed E-state index contributed by atoms with van der Waals surface area (Å²) in [6.07, 6.45) is 6.76. The first-order chi connectivity index (χ1) is 12.1. The summed E-state index contributed by atoms with van der Waals surface area (Å²) in [6, 6.07) is 15.6. The van der Waals surface area contributed by atoms with Crippen molar-refractivity contribution in [2.75, 3.05) is 0 Å². The second-order valence-electron chi connectivity index (χ2n) is 7.79. The Morgan fingerprint density at radius 2 is 1.72 bits per heavy atom. The molecule has 1 aliphatic rings. The predicted molar refractivity (Wildman–Crippen MR) is 107 cm³/mol. The number of fused-ring (bicyclic) bond motifs is 1. The Labute approximate surface area is 151 Å². The second-order valence-corrected chi connectivity index (χ2v) is 7.79. The second kappa shape index (κ2) is 6.63. The predicted octanol–water partition coefficient (Wildman–Crippen LogP) is 6.56. The molecule has 1 saturated carbocycles. The van der Waals surface area contributed by atoms with Crippen molar-refractivity contribution in [2.45, 2.75) is 52.9 Å². The van der Waals surface area contributed by atoms with Crippen LogP contribution in [0.15, 0.2) is 42.5 Å². The molecule has 0 unspecified atom stereocenters. The maximum absolute atomic E-state index is 5.02. The van der Waals surface area contributed by atoms with Crippen molar-refractivity contribution in [3.63, 3.8) is 0 Å². The number of para-hydroxylation sites is 1. The van der Waals surface area contributed by atoms with E-state index >= 15 is 0 Å². The standard InChI is InChI=1S/C24H27N/c1-16-12-17(2)18(3)22(13-16)24-15-20(14-19-8-4-5-9-19)21-10-6-7-11-23(21)25-24/h6-7,10-13,15,19H,4-5,8-9,14H2,1-3H3. The number of aromatic nitrogens is 1. The van der Waals surface area contributed by atoms with E-state index in [9.17, 15) is 0 Å². The van der Waals surface area contributed by atoms with E-state index in [1.807, 2.05) is 0 Å². The minimum absolute atomic E-state index is 0.846. The smallest absolute Gasteiger partial charge is 0.0715 e. The summed E-state index contributed by atoms with van der Waals surface area (Å²) in [5, 5.41) is 1.33. The molecule has 2 aromatic carbocycles. The summed E-state index contributed by atoms with van der Waals surface area (Å²) >= 11 is 0. The third-order valence-electron chi connectivity index (χ3n) is 5.87. The fourth-order valence-electron chi connectivity index (χ4n) is 4.39. The van der Waals surface area contributed by atoms with Crippen LogP contribution in [0.25, 0.3) is 22.2 Å². The summed E-state index contributed by atoms with van der Waals surface area (Å²) in [7, 11) is 0. The number of aryl methyl sites for hydroxylation is 2. The zero-order valence-corrected chi connectivity index (χ0v) is 15.6. The van der Waals surface area contributed by atoms with Crippen molar-refractivity contribution in [2.24, 2.45) is 5.92 Å². The molecule has 0 amide bonds. The maximum atomic E-state index is 5.02. The zero-order valence-electron chi connectivity index (χ0n) is 15.6. The number of benzene rings is 2. The topological polar surface area (TPSA) is 12.9 Å². The highest BCUT2D eigenvalue weighted by Crippen LogP contribution is 2.33. The van der Waals surface area contributed by atoms with Gasteiger partial charge in [0.1, 0.15) is 0 Å². The molecule has 0 aliphatic heterocycles. The third kappa shape index (κ3) is 3.20. The summed E-state index contributed by atoms with van der Waals surface area (Å²) in [5.74, 6) is 0.846. The molecule has 0 saturated heterocycles. The largest absolute Gasteiger partial charge is 0.248 e. The van der Waals surface area contributed by atoms with Crippen LogP contribution in [-0.2, 0) is 6.42 Å². The Kier molecular flexibility index (Phi) is 4.33. The van der Waals surface area contributed by atoms with Crippen LogP contribution >= 0.6 is 0 Å². The van der Waals surface area contributed by atoms with E-state index < -0.39 is 0 Å². The molecule has 128 valence electrons. The molecule has 1 nitrogen and oxygen atoms in total. The average molecular weight is 329 g/mol. The first-order valence-electron chi connectivity index (χ1n) is 9.58. The lowest BCUT2D eigenvalue weighted by molar-refractivity contribution is 0.548. The average Bonchev–Trinajstić information content (AvgIpc) is 3.11. The Bertz CT molecular complexity index is 917. The van der Waals surface area contributed by atoms with Crippen LogP contribution in [0.3, 0.4) is 0 Å². The highest BCUT2D eigenvalue weighted by atomic mass is 14.7. The Morgan fingerprint density at radius 1 is 0.960 bits per heavy atom. The lowest BCUT2D eigenvalue weighted by Gasteiger charge is -2.16. The number of nitrogens with zero attached hydrogens (tertiary/aromatic N) is 1. The molecule has 1 aliphatic carbocycles. The minimum atomic E-state index is 0.846. The quantitative estimate of drug-likeness (QED) is 0.530. The number of hydrogen-bond acceptors (Lipinski definition) is 1. The van der Waals surface area contributed by atoms with E-state index in [4.69, 9.17) is 4.98 Å². The van der Waals surface area contributed by atoms with Gasteiger partial charge in [-0.05, 0) is 68.0 Å². The van der Waals surface area contributed by atoms with Gasteiger partial charge in [-0.25, -0.2) is 4.98 Å². The Balaban J connectivity index is 1.87. The van der Waals surface area contributed by atoms with Crippen molar-refractivity contribution in [3.8, 4) is 11.3 Å². The van der Waals surface area contributed by atoms with Gasteiger partial charge < -0.3 is 0 Å². The summed E-state index contributed by atoms with van der Waals surface area (Å²) in [6.45, 7) is 6.60. The van der Waals surface area contributed by atoms with Crippen molar-refractivity contribution in [1.82, 2.24) is 4.98 Å². The summed E-state index contributed by atoms with van der Waals surface area (Å²) in [4.78, 5) is 5.02. The highest BCUT2D eigenvalue weighted by molar-refractivity contribution is 5.85. The van der Waals surface area contributed by atoms with E-state index in [2.05, 4.69) is 63.2 Å². The van der Waals surface area contributed by atoms with Crippen LogP contribution in [0.2, 0.25) is 0 Å². The van der Waals surface area contributed by atoms with Crippen LogP contribution in [0.1, 0.15) is 47.9 Å². The van der Waals surface area contributed by atoms with Gasteiger partial charge in [-0.2, -0.15) is 0 Å². The molecule has 0 radical (unpaired) electrons. The number of hydrogen-bond donors (Lipinski definition) is 0. The third-order valence-corrected chi connectivity index (χ3v) is 5.87. The van der Waals surface area contributed by atoms with Crippen LogP contribution < -0.4 is 0 Å². The Hall–Kier alpha value is -2.15. The number of pyridine rings is 1. The van der Waals surface area contributed by atoms with Crippen molar-refractivity contribution in [1.29, 1.82) is 0 Å². The van der Waals surface area contributed by atoms with E-state index in [0.29, 0.717) is 0 Å². The molecule has 1 heteroatoms. The SMILES string of the molecule is Cc1cc(C)c(C)c(-c2cc(CC3CCCC3)c3ccccc3n2)c1. The van der Waals surface area contributed by atoms with Gasteiger partial charge in [0.2, 0.25) is 0 Å². The monoisotopic (exact) mass is 329 g/mol. The molecular weight excluding hydrogens is 302 g/mol. The number of rotatable bonds is 3. The van der Waals surface area contributed by atoms with Gasteiger partial charge in [0.25, 0.3) is 0 Å². The molecule has 0 N–H and O–H groups in total. The van der Waals surface area contributed by atoms with E-state index in [1.165, 1.54) is 65.3 Å². The molecule has 4 rings (SSSR count). The fourth-order valence-corrected chi connectivity index (χ4v) is 4.39. The zero-order chi connectivity index (χ0) is 17.4. The highest BCUT2D eigenvalue weighted by Gasteiger charge is 2.18. The molecule has 3 aromatic rings. The fraction of sp³-hybridized carbons (Fsp3) is 0.375. The molecule has 1 aromatic heterocycles. The summed E-state index contributed by atoms with van der Waals surface area (Å²) < 4.78 is 0. The van der Waals surface area contributed by atoms with Crippen LogP contribution in [0, 0.1) is 26.7 Å². The lowest BCUT2D eigenvalue weighted by Crippen LogP contribution is -2.02.